The summed E-state index contributed by atoms with van der Waals surface area (Å²) in [4.78, 5) is 3.96. The molecule has 0 bridgehead atoms. The van der Waals surface area contributed by atoms with Crippen molar-refractivity contribution in [3.8, 4) is 11.5 Å². The molecule has 118 valence electrons. The monoisotopic (exact) mass is 323 g/mol. The van der Waals surface area contributed by atoms with Gasteiger partial charge in [-0.3, -0.25) is 0 Å². The van der Waals surface area contributed by atoms with Crippen molar-refractivity contribution < 1.29 is 9.47 Å². The summed E-state index contributed by atoms with van der Waals surface area (Å²) in [6, 6.07) is 6.85. The van der Waals surface area contributed by atoms with E-state index in [1.807, 2.05) is 6.92 Å². The number of hydrogen-bond acceptors (Lipinski definition) is 7. The van der Waals surface area contributed by atoms with Gasteiger partial charge in [-0.15, -0.1) is 0 Å². The number of halogens is 1. The van der Waals surface area contributed by atoms with Gasteiger partial charge in [-0.2, -0.15) is 0 Å². The molecule has 0 fully saturated rings. The second-order valence-corrected chi connectivity index (χ2v) is 4.86. The molecule has 0 saturated carbocycles. The van der Waals surface area contributed by atoms with Crippen molar-refractivity contribution in [2.45, 2.75) is 13.5 Å². The first-order chi connectivity index (χ1) is 10.5. The van der Waals surface area contributed by atoms with Gasteiger partial charge in [0.15, 0.2) is 5.82 Å². The van der Waals surface area contributed by atoms with E-state index < -0.39 is 0 Å². The Morgan fingerprint density at radius 3 is 2.64 bits per heavy atom. The molecule has 22 heavy (non-hydrogen) atoms. The summed E-state index contributed by atoms with van der Waals surface area (Å²) in [5.41, 5.74) is 15.0. The van der Waals surface area contributed by atoms with E-state index in [9.17, 15) is 0 Å². The van der Waals surface area contributed by atoms with Gasteiger partial charge in [0.05, 0.1) is 6.61 Å². The fourth-order valence-electron chi connectivity index (χ4n) is 1.89. The van der Waals surface area contributed by atoms with E-state index in [0.29, 0.717) is 23.1 Å². The Kier molecular flexibility index (Phi) is 5.13. The Morgan fingerprint density at radius 1 is 1.18 bits per heavy atom. The van der Waals surface area contributed by atoms with Gasteiger partial charge in [0.2, 0.25) is 0 Å². The number of pyridine rings is 1. The van der Waals surface area contributed by atoms with Gasteiger partial charge in [-0.25, -0.2) is 10.8 Å². The van der Waals surface area contributed by atoms with Crippen molar-refractivity contribution in [2.75, 3.05) is 23.5 Å². The van der Waals surface area contributed by atoms with Crippen LogP contribution in [0, 0.1) is 0 Å². The summed E-state index contributed by atoms with van der Waals surface area (Å²) in [6.07, 6.45) is 0. The van der Waals surface area contributed by atoms with Crippen LogP contribution in [0.1, 0.15) is 12.5 Å². The van der Waals surface area contributed by atoms with E-state index in [2.05, 4.69) is 10.4 Å². The number of hydrazine groups is 1. The van der Waals surface area contributed by atoms with Crippen LogP contribution in [0.2, 0.25) is 5.02 Å². The average molecular weight is 324 g/mol. The lowest BCUT2D eigenvalue weighted by molar-refractivity contribution is 0.287. The normalized spacial score (nSPS) is 10.3. The van der Waals surface area contributed by atoms with Gasteiger partial charge < -0.3 is 26.4 Å². The number of nitrogen functional groups attached to an aromatic ring is 3. The zero-order chi connectivity index (χ0) is 16.1. The van der Waals surface area contributed by atoms with Crippen LogP contribution in [0.3, 0.4) is 0 Å². The Bertz CT molecular complexity index is 666. The molecule has 0 unspecified atom stereocenters. The molecule has 1 aromatic carbocycles. The average Bonchev–Trinajstić information content (AvgIpc) is 2.50. The fraction of sp³-hybridized carbons (Fsp3) is 0.214. The molecule has 0 spiro atoms. The largest absolute Gasteiger partial charge is 0.493 e. The topological polar surface area (TPSA) is 121 Å². The van der Waals surface area contributed by atoms with Crippen molar-refractivity contribution in [3.63, 3.8) is 0 Å². The minimum absolute atomic E-state index is 0.216. The Morgan fingerprint density at radius 2 is 1.95 bits per heavy atom. The maximum atomic E-state index is 6.01. The van der Waals surface area contributed by atoms with Gasteiger partial charge in [-0.1, -0.05) is 11.6 Å². The van der Waals surface area contributed by atoms with Crippen LogP contribution >= 0.6 is 11.6 Å². The predicted octanol–water partition coefficient (Wildman–Crippen LogP) is 2.16. The zero-order valence-corrected chi connectivity index (χ0v) is 12.9. The summed E-state index contributed by atoms with van der Waals surface area (Å²) in [5.74, 6) is 6.91. The highest BCUT2D eigenvalue weighted by Crippen LogP contribution is 2.31. The standard InChI is InChI=1S/C14H18ClN5O2/c1-2-21-10-4-3-9(15)5-8(10)7-22-11-6-12(16)19-14(20-18)13(11)17/h3-6H,2,7,17-18H2,1H3,(H3,16,19,20). The number of nitrogens with zero attached hydrogens (tertiary/aromatic N) is 1. The molecule has 7 nitrogen and oxygen atoms in total. The molecule has 7 N–H and O–H groups in total. The lowest BCUT2D eigenvalue weighted by Crippen LogP contribution is -2.13. The number of hydrogen-bond donors (Lipinski definition) is 4. The Labute approximate surface area is 133 Å². The third-order valence-electron chi connectivity index (χ3n) is 2.88. The highest BCUT2D eigenvalue weighted by atomic mass is 35.5. The molecule has 0 atom stereocenters. The number of aromatic nitrogens is 1. The van der Waals surface area contributed by atoms with E-state index in [1.54, 1.807) is 18.2 Å². The Balaban J connectivity index is 2.23. The highest BCUT2D eigenvalue weighted by molar-refractivity contribution is 6.30. The third-order valence-corrected chi connectivity index (χ3v) is 3.12. The summed E-state index contributed by atoms with van der Waals surface area (Å²) in [6.45, 7) is 2.66. The molecule has 8 heteroatoms. The molecule has 0 aliphatic rings. The van der Waals surface area contributed by atoms with Crippen LogP contribution in [-0.2, 0) is 6.61 Å². The van der Waals surface area contributed by atoms with Crippen molar-refractivity contribution in [3.05, 3.63) is 34.9 Å². The molecular weight excluding hydrogens is 306 g/mol. The first-order valence-corrected chi connectivity index (χ1v) is 6.99. The molecule has 0 aliphatic carbocycles. The van der Waals surface area contributed by atoms with Gasteiger partial charge in [0.1, 0.15) is 29.6 Å². The zero-order valence-electron chi connectivity index (χ0n) is 12.1. The SMILES string of the molecule is CCOc1ccc(Cl)cc1COc1cc(N)nc(NN)c1N. The van der Waals surface area contributed by atoms with Crippen LogP contribution in [0.15, 0.2) is 24.3 Å². The van der Waals surface area contributed by atoms with Crippen molar-refractivity contribution in [1.82, 2.24) is 4.98 Å². The smallest absolute Gasteiger partial charge is 0.169 e. The van der Waals surface area contributed by atoms with Crippen molar-refractivity contribution in [1.29, 1.82) is 0 Å². The van der Waals surface area contributed by atoms with Crippen LogP contribution < -0.4 is 32.2 Å². The summed E-state index contributed by atoms with van der Waals surface area (Å²) >= 11 is 6.01. The van der Waals surface area contributed by atoms with Crippen LogP contribution in [0.5, 0.6) is 11.5 Å². The van der Waals surface area contributed by atoms with Gasteiger partial charge in [0.25, 0.3) is 0 Å². The van der Waals surface area contributed by atoms with Gasteiger partial charge >= 0.3 is 0 Å². The number of rotatable bonds is 6. The first kappa shape index (κ1) is 16.0. The van der Waals surface area contributed by atoms with Gasteiger partial charge in [-0.05, 0) is 25.1 Å². The number of nitrogens with two attached hydrogens (primary N) is 3. The molecule has 2 rings (SSSR count). The Hall–Kier alpha value is -2.38. The quantitative estimate of drug-likeness (QED) is 0.474. The molecule has 1 aromatic heterocycles. The van der Waals surface area contributed by atoms with E-state index in [1.165, 1.54) is 6.07 Å². The molecule has 0 radical (unpaired) electrons. The minimum atomic E-state index is 0.216. The minimum Gasteiger partial charge on any atom is -0.493 e. The van der Waals surface area contributed by atoms with Crippen molar-refractivity contribution >= 4 is 28.9 Å². The highest BCUT2D eigenvalue weighted by Gasteiger charge is 2.11. The second kappa shape index (κ2) is 7.06. The van der Waals surface area contributed by atoms with Crippen molar-refractivity contribution in [2.24, 2.45) is 5.84 Å². The lowest BCUT2D eigenvalue weighted by atomic mass is 10.2. The van der Waals surface area contributed by atoms with E-state index in [-0.39, 0.29) is 23.9 Å². The lowest BCUT2D eigenvalue weighted by Gasteiger charge is -2.14. The molecule has 0 saturated heterocycles. The maximum absolute atomic E-state index is 6.01. The van der Waals surface area contributed by atoms with E-state index in [0.717, 1.165) is 5.56 Å². The molecule has 0 aliphatic heterocycles. The van der Waals surface area contributed by atoms with Crippen LogP contribution in [0.25, 0.3) is 0 Å². The predicted molar refractivity (Wildman–Crippen MR) is 87.8 cm³/mol. The fourth-order valence-corrected chi connectivity index (χ4v) is 2.09. The number of anilines is 3. The molecule has 0 amide bonds. The summed E-state index contributed by atoms with van der Waals surface area (Å²) in [7, 11) is 0. The third kappa shape index (κ3) is 3.63. The molecule has 1 heterocycles. The van der Waals surface area contributed by atoms with E-state index in [4.69, 9.17) is 38.4 Å². The van der Waals surface area contributed by atoms with E-state index >= 15 is 0 Å². The second-order valence-electron chi connectivity index (χ2n) is 4.43. The molecular formula is C14H18ClN5O2. The van der Waals surface area contributed by atoms with Gasteiger partial charge in [0, 0.05) is 16.7 Å². The van der Waals surface area contributed by atoms with Crippen LogP contribution in [-0.4, -0.2) is 11.6 Å². The number of nitrogens with one attached hydrogen (secondary N) is 1. The number of ether oxygens (including phenoxy) is 2. The van der Waals surface area contributed by atoms with Crippen LogP contribution in [0.4, 0.5) is 17.3 Å². The maximum Gasteiger partial charge on any atom is 0.169 e. The molecule has 2 aromatic rings. The number of benzene rings is 1. The first-order valence-electron chi connectivity index (χ1n) is 6.61. The summed E-state index contributed by atoms with van der Waals surface area (Å²) < 4.78 is 11.2. The summed E-state index contributed by atoms with van der Waals surface area (Å²) in [5, 5.41) is 0.591.